The van der Waals surface area contributed by atoms with Gasteiger partial charge in [0.1, 0.15) is 24.0 Å². The van der Waals surface area contributed by atoms with Crippen molar-refractivity contribution in [3.63, 3.8) is 0 Å². The van der Waals surface area contributed by atoms with Gasteiger partial charge in [0.2, 0.25) is 0 Å². The summed E-state index contributed by atoms with van der Waals surface area (Å²) in [5.74, 6) is -3.39. The Labute approximate surface area is 237 Å². The number of aliphatic imine (C=N–C) groups is 1. The lowest BCUT2D eigenvalue weighted by Crippen LogP contribution is -2.22. The number of alkyl halides is 3. The molecule has 0 radical (unpaired) electrons. The molecule has 0 bridgehead atoms. The molecule has 1 heterocycles. The van der Waals surface area contributed by atoms with Crippen molar-refractivity contribution in [3.05, 3.63) is 124 Å². The van der Waals surface area contributed by atoms with Crippen LogP contribution < -0.4 is 4.74 Å². The third-order valence-corrected chi connectivity index (χ3v) is 7.01. The van der Waals surface area contributed by atoms with Crippen LogP contribution in [0.4, 0.5) is 22.0 Å². The highest BCUT2D eigenvalue weighted by atomic mass is 35.5. The molecule has 0 amide bonds. The van der Waals surface area contributed by atoms with Gasteiger partial charge in [0.05, 0.1) is 17.5 Å². The normalized spacial score (nSPS) is 16.8. The zero-order chi connectivity index (χ0) is 29.1. The first-order valence-corrected chi connectivity index (χ1v) is 12.8. The summed E-state index contributed by atoms with van der Waals surface area (Å²) in [6.45, 7) is -0.0852. The summed E-state index contributed by atoms with van der Waals surface area (Å²) >= 11 is 6.18. The van der Waals surface area contributed by atoms with Crippen LogP contribution in [0.5, 0.6) is 5.75 Å². The van der Waals surface area contributed by atoms with Crippen molar-refractivity contribution in [1.29, 1.82) is 0 Å². The Morgan fingerprint density at radius 2 is 1.46 bits per heavy atom. The summed E-state index contributed by atoms with van der Waals surface area (Å²) in [5.41, 5.74) is 2.33. The number of hydrogen-bond donors (Lipinski definition) is 0. The Kier molecular flexibility index (Phi) is 8.08. The summed E-state index contributed by atoms with van der Waals surface area (Å²) in [5, 5.41) is 0.433. The average Bonchev–Trinajstić information content (AvgIpc) is 3.37. The van der Waals surface area contributed by atoms with E-state index in [4.69, 9.17) is 16.3 Å². The van der Waals surface area contributed by atoms with E-state index in [0.29, 0.717) is 27.3 Å². The van der Waals surface area contributed by atoms with Crippen LogP contribution in [0.1, 0.15) is 29.2 Å². The number of carbonyl (C=O) groups is 1. The van der Waals surface area contributed by atoms with Gasteiger partial charge in [-0.2, -0.15) is 0 Å². The van der Waals surface area contributed by atoms with E-state index in [0.717, 1.165) is 12.1 Å². The number of rotatable bonds is 7. The average molecular weight is 586 g/mol. The summed E-state index contributed by atoms with van der Waals surface area (Å²) in [4.78, 5) is 17.8. The van der Waals surface area contributed by atoms with Crippen LogP contribution in [0.15, 0.2) is 96.0 Å². The molecule has 41 heavy (non-hydrogen) atoms. The number of nitrogens with zero attached hydrogens (tertiary/aromatic N) is 1. The Balaban J connectivity index is 1.41. The maximum Gasteiger partial charge on any atom is 0.573 e. The lowest BCUT2D eigenvalue weighted by Gasteiger charge is -2.18. The van der Waals surface area contributed by atoms with Gasteiger partial charge in [-0.15, -0.1) is 13.2 Å². The zero-order valence-electron chi connectivity index (χ0n) is 21.2. The molecule has 5 rings (SSSR count). The van der Waals surface area contributed by atoms with E-state index >= 15 is 0 Å². The molecule has 1 aliphatic rings. The SMILES string of the molecule is O=C(OCc1ccccc1Cl)[C@H]1CC(c2c(F)cccc2F)=N[C@H]1c1ccc(-c2ccc(OC(F)(F)F)cc2)cc1. The van der Waals surface area contributed by atoms with Crippen LogP contribution in [0.3, 0.4) is 0 Å². The molecule has 0 saturated carbocycles. The van der Waals surface area contributed by atoms with Gasteiger partial charge in [-0.05, 0) is 47.0 Å². The van der Waals surface area contributed by atoms with Crippen molar-refractivity contribution < 1.29 is 36.2 Å². The van der Waals surface area contributed by atoms with E-state index in [1.54, 1.807) is 48.5 Å². The number of benzene rings is 4. The lowest BCUT2D eigenvalue weighted by molar-refractivity contribution is -0.274. The van der Waals surface area contributed by atoms with Crippen LogP contribution >= 0.6 is 11.6 Å². The standard InChI is InChI=1S/C31H21ClF5NO3/c32-24-5-2-1-4-21(24)17-40-30(39)23-16-27(28-25(33)6-3-7-26(28)34)38-29(23)20-10-8-18(9-11-20)19-12-14-22(15-13-19)41-31(35,36)37/h1-15,23,29H,16-17H2/t23-,29-/m0/s1. The molecule has 4 aromatic carbocycles. The monoisotopic (exact) mass is 585 g/mol. The highest BCUT2D eigenvalue weighted by Crippen LogP contribution is 2.39. The van der Waals surface area contributed by atoms with Gasteiger partial charge >= 0.3 is 12.3 Å². The van der Waals surface area contributed by atoms with Gasteiger partial charge in [-0.1, -0.05) is 72.3 Å². The number of hydrogen-bond acceptors (Lipinski definition) is 4. The summed E-state index contributed by atoms with van der Waals surface area (Å²) in [6, 6.07) is 21.8. The molecule has 0 N–H and O–H groups in total. The molecular formula is C31H21ClF5NO3. The molecule has 0 unspecified atom stereocenters. The second-order valence-electron chi connectivity index (χ2n) is 9.32. The highest BCUT2D eigenvalue weighted by molar-refractivity contribution is 6.31. The fourth-order valence-electron chi connectivity index (χ4n) is 4.68. The second-order valence-corrected chi connectivity index (χ2v) is 9.73. The Morgan fingerprint density at radius 3 is 2.07 bits per heavy atom. The van der Waals surface area contributed by atoms with Gasteiger partial charge in [0.15, 0.2) is 0 Å². The van der Waals surface area contributed by atoms with Crippen molar-refractivity contribution in [3.8, 4) is 16.9 Å². The minimum Gasteiger partial charge on any atom is -0.460 e. The highest BCUT2D eigenvalue weighted by Gasteiger charge is 2.39. The minimum atomic E-state index is -4.79. The van der Waals surface area contributed by atoms with E-state index < -0.39 is 35.9 Å². The van der Waals surface area contributed by atoms with Crippen LogP contribution in [-0.4, -0.2) is 18.0 Å². The number of halogens is 6. The lowest BCUT2D eigenvalue weighted by atomic mass is 9.90. The first kappa shape index (κ1) is 28.3. The molecule has 0 fully saturated rings. The summed E-state index contributed by atoms with van der Waals surface area (Å²) < 4.78 is 76.1. The van der Waals surface area contributed by atoms with Crippen molar-refractivity contribution in [2.24, 2.45) is 10.9 Å². The fourth-order valence-corrected chi connectivity index (χ4v) is 4.87. The van der Waals surface area contributed by atoms with Crippen LogP contribution in [-0.2, 0) is 16.1 Å². The van der Waals surface area contributed by atoms with Crippen molar-refractivity contribution in [1.82, 2.24) is 0 Å². The Morgan fingerprint density at radius 1 is 0.854 bits per heavy atom. The minimum absolute atomic E-state index is 0.0493. The molecular weight excluding hydrogens is 565 g/mol. The molecule has 210 valence electrons. The third kappa shape index (κ3) is 6.57. The first-order chi connectivity index (χ1) is 19.6. The van der Waals surface area contributed by atoms with Gasteiger partial charge < -0.3 is 9.47 Å². The molecule has 0 spiro atoms. The number of carbonyl (C=O) groups excluding carboxylic acids is 1. The van der Waals surface area contributed by atoms with Crippen molar-refractivity contribution >= 4 is 23.3 Å². The Hall–Kier alpha value is -4.24. The fraction of sp³-hybridized carbons (Fsp3) is 0.161. The van der Waals surface area contributed by atoms with Gasteiger partial charge in [0.25, 0.3) is 0 Å². The van der Waals surface area contributed by atoms with Crippen molar-refractivity contribution in [2.75, 3.05) is 0 Å². The van der Waals surface area contributed by atoms with Crippen molar-refractivity contribution in [2.45, 2.75) is 25.4 Å². The number of esters is 1. The first-order valence-electron chi connectivity index (χ1n) is 12.5. The summed E-state index contributed by atoms with van der Waals surface area (Å²) in [6.07, 6.45) is -4.84. The zero-order valence-corrected chi connectivity index (χ0v) is 21.9. The van der Waals surface area contributed by atoms with E-state index in [9.17, 15) is 26.7 Å². The van der Waals surface area contributed by atoms with E-state index in [1.165, 1.54) is 30.3 Å². The van der Waals surface area contributed by atoms with Crippen LogP contribution in [0, 0.1) is 17.6 Å². The van der Waals surface area contributed by atoms with E-state index in [1.807, 2.05) is 0 Å². The summed E-state index contributed by atoms with van der Waals surface area (Å²) in [7, 11) is 0. The van der Waals surface area contributed by atoms with Crippen LogP contribution in [0.2, 0.25) is 5.02 Å². The molecule has 4 aromatic rings. The van der Waals surface area contributed by atoms with E-state index in [2.05, 4.69) is 9.73 Å². The second kappa shape index (κ2) is 11.7. The Bertz CT molecular complexity index is 1570. The topological polar surface area (TPSA) is 47.9 Å². The molecule has 2 atom stereocenters. The van der Waals surface area contributed by atoms with Gasteiger partial charge in [-0.3, -0.25) is 9.79 Å². The molecule has 10 heteroatoms. The molecule has 0 saturated heterocycles. The third-order valence-electron chi connectivity index (χ3n) is 6.64. The van der Waals surface area contributed by atoms with Gasteiger partial charge in [0, 0.05) is 22.7 Å². The smallest absolute Gasteiger partial charge is 0.460 e. The molecule has 4 nitrogen and oxygen atoms in total. The van der Waals surface area contributed by atoms with Crippen LogP contribution in [0.25, 0.3) is 11.1 Å². The molecule has 0 aromatic heterocycles. The quantitative estimate of drug-likeness (QED) is 0.161. The largest absolute Gasteiger partial charge is 0.573 e. The predicted octanol–water partition coefficient (Wildman–Crippen LogP) is 8.48. The molecule has 1 aliphatic heterocycles. The maximum absolute atomic E-state index is 14.6. The molecule has 0 aliphatic carbocycles. The number of ether oxygens (including phenoxy) is 2. The van der Waals surface area contributed by atoms with Gasteiger partial charge in [-0.25, -0.2) is 8.78 Å². The van der Waals surface area contributed by atoms with E-state index in [-0.39, 0.29) is 30.1 Å². The maximum atomic E-state index is 14.6. The predicted molar refractivity (Wildman–Crippen MR) is 144 cm³/mol.